The minimum Gasteiger partial charge on any atom is -0.378 e. The lowest BCUT2D eigenvalue weighted by molar-refractivity contribution is -0.330. The van der Waals surface area contributed by atoms with Gasteiger partial charge in [-0.05, 0) is 75.0 Å². The van der Waals surface area contributed by atoms with Crippen LogP contribution in [0.3, 0.4) is 0 Å². The fourth-order valence-corrected chi connectivity index (χ4v) is 6.96. The van der Waals surface area contributed by atoms with E-state index in [2.05, 4.69) is 11.7 Å². The minimum absolute atomic E-state index is 0.0835. The van der Waals surface area contributed by atoms with E-state index in [1.54, 1.807) is 0 Å². The summed E-state index contributed by atoms with van der Waals surface area (Å²) in [6, 6.07) is 0. The monoisotopic (exact) mass is 516 g/mol. The molecule has 1 aliphatic heterocycles. The van der Waals surface area contributed by atoms with Gasteiger partial charge in [-0.25, -0.2) is 22.0 Å². The van der Waals surface area contributed by atoms with Crippen LogP contribution in [0.4, 0.5) is 30.7 Å². The summed E-state index contributed by atoms with van der Waals surface area (Å²) < 4.78 is 112. The van der Waals surface area contributed by atoms with Crippen molar-refractivity contribution in [2.24, 2.45) is 35.5 Å². The fraction of sp³-hybridized carbons (Fsp3) is 1.00. The van der Waals surface area contributed by atoms with Gasteiger partial charge in [-0.15, -0.1) is 0 Å². The van der Waals surface area contributed by atoms with Gasteiger partial charge in [0.1, 0.15) is 30.6 Å². The lowest BCUT2D eigenvalue weighted by Crippen LogP contribution is -2.54. The van der Waals surface area contributed by atoms with Crippen molar-refractivity contribution in [3.05, 3.63) is 0 Å². The Hall–Kier alpha value is -0.570. The zero-order chi connectivity index (χ0) is 25.5. The highest BCUT2D eigenvalue weighted by molar-refractivity contribution is 4.97. The predicted molar refractivity (Wildman–Crippen MR) is 118 cm³/mol. The molecule has 0 amide bonds. The van der Waals surface area contributed by atoms with Crippen molar-refractivity contribution in [1.82, 2.24) is 0 Å². The first kappa shape index (κ1) is 27.5. The van der Waals surface area contributed by atoms with Crippen molar-refractivity contribution in [2.75, 3.05) is 6.61 Å². The van der Waals surface area contributed by atoms with Crippen LogP contribution in [-0.4, -0.2) is 55.8 Å². The number of hydrogen-bond acceptors (Lipinski definition) is 2. The Labute approximate surface area is 203 Å². The summed E-state index contributed by atoms with van der Waals surface area (Å²) in [5, 5.41) is 0. The molecular formula is C26H39F7O2. The van der Waals surface area contributed by atoms with Crippen LogP contribution >= 0.6 is 0 Å². The van der Waals surface area contributed by atoms with E-state index in [-0.39, 0.29) is 30.8 Å². The molecule has 0 spiro atoms. The van der Waals surface area contributed by atoms with Crippen LogP contribution in [0.25, 0.3) is 0 Å². The highest BCUT2D eigenvalue weighted by Gasteiger charge is 2.57. The quantitative estimate of drug-likeness (QED) is 0.356. The summed E-state index contributed by atoms with van der Waals surface area (Å²) in [5.74, 6) is -2.91. The zero-order valence-electron chi connectivity index (χ0n) is 20.5. The molecule has 0 radical (unpaired) electrons. The first-order chi connectivity index (χ1) is 16.5. The molecule has 9 heteroatoms. The lowest BCUT2D eigenvalue weighted by atomic mass is 9.67. The maximum Gasteiger partial charge on any atom is 0.364 e. The van der Waals surface area contributed by atoms with Gasteiger partial charge in [0.2, 0.25) is 0 Å². The number of alkyl halides is 7. The molecule has 0 N–H and O–H groups in total. The summed E-state index contributed by atoms with van der Waals surface area (Å²) in [6.07, 6.45) is -12.4. The molecular weight excluding hydrogens is 477 g/mol. The van der Waals surface area contributed by atoms with Crippen LogP contribution in [0.2, 0.25) is 0 Å². The minimum atomic E-state index is -4.24. The average Bonchev–Trinajstić information content (AvgIpc) is 2.81. The molecule has 3 aliphatic carbocycles. The second-order valence-electron chi connectivity index (χ2n) is 11.7. The number of hydrogen-bond donors (Lipinski definition) is 0. The van der Waals surface area contributed by atoms with Crippen LogP contribution < -0.4 is 0 Å². The fourth-order valence-electron chi connectivity index (χ4n) is 6.96. The SMILES string of the molecule is CC1CCC(C2CCC(C3CC(F)C(C(F)(F)OC4CC(F)C(F)C(F)C4C)C(F)C3)CC2)OC1. The van der Waals surface area contributed by atoms with Crippen molar-refractivity contribution in [1.29, 1.82) is 0 Å². The number of rotatable bonds is 5. The molecule has 1 heterocycles. The largest absolute Gasteiger partial charge is 0.378 e. The summed E-state index contributed by atoms with van der Waals surface area (Å²) in [6.45, 7) is 4.09. The van der Waals surface area contributed by atoms with Crippen LogP contribution in [-0.2, 0) is 9.47 Å². The molecule has 9 unspecified atom stereocenters. The molecule has 4 fully saturated rings. The predicted octanol–water partition coefficient (Wildman–Crippen LogP) is 7.34. The van der Waals surface area contributed by atoms with E-state index < -0.39 is 61.3 Å². The summed E-state index contributed by atoms with van der Waals surface area (Å²) >= 11 is 0. The molecule has 1 saturated heterocycles. The van der Waals surface area contributed by atoms with Gasteiger partial charge < -0.3 is 9.47 Å². The second kappa shape index (κ2) is 11.0. The van der Waals surface area contributed by atoms with Crippen molar-refractivity contribution in [3.8, 4) is 0 Å². The van der Waals surface area contributed by atoms with Crippen LogP contribution in [0, 0.1) is 35.5 Å². The van der Waals surface area contributed by atoms with E-state index in [1.807, 2.05) is 0 Å². The molecule has 9 atom stereocenters. The Morgan fingerprint density at radius 2 is 1.29 bits per heavy atom. The second-order valence-corrected chi connectivity index (χ2v) is 11.7. The molecule has 0 aromatic rings. The standard InChI is InChI=1S/C26H39F7O2/c1-13-3-8-21(34-12-13)16-6-4-15(5-7-16)17-9-18(27)23(19(28)10-17)26(32,33)35-22-11-20(29)25(31)24(30)14(22)2/h13-25H,3-12H2,1-2H3. The van der Waals surface area contributed by atoms with Gasteiger partial charge >= 0.3 is 6.11 Å². The zero-order valence-corrected chi connectivity index (χ0v) is 20.5. The maximum absolute atomic E-state index is 15.0. The van der Waals surface area contributed by atoms with Crippen molar-refractivity contribution >= 4 is 0 Å². The number of halogens is 7. The first-order valence-corrected chi connectivity index (χ1v) is 13.4. The highest BCUT2D eigenvalue weighted by atomic mass is 19.3. The molecule has 3 saturated carbocycles. The normalized spacial score (nSPS) is 50.1. The average molecular weight is 517 g/mol. The Kier molecular flexibility index (Phi) is 8.66. The molecule has 2 nitrogen and oxygen atoms in total. The maximum atomic E-state index is 15.0. The first-order valence-electron chi connectivity index (χ1n) is 13.4. The Bertz CT molecular complexity index is 669. The topological polar surface area (TPSA) is 18.5 Å². The van der Waals surface area contributed by atoms with E-state index >= 15 is 8.78 Å². The third-order valence-corrected chi connectivity index (χ3v) is 9.28. The summed E-state index contributed by atoms with van der Waals surface area (Å²) in [7, 11) is 0. The lowest BCUT2D eigenvalue weighted by Gasteiger charge is -2.45. The smallest absolute Gasteiger partial charge is 0.364 e. The van der Waals surface area contributed by atoms with Gasteiger partial charge in [-0.2, -0.15) is 8.78 Å². The van der Waals surface area contributed by atoms with Crippen LogP contribution in [0.1, 0.15) is 71.6 Å². The molecule has 35 heavy (non-hydrogen) atoms. The van der Waals surface area contributed by atoms with E-state index in [1.165, 1.54) is 0 Å². The van der Waals surface area contributed by atoms with Crippen molar-refractivity contribution in [2.45, 2.75) is 121 Å². The van der Waals surface area contributed by atoms with Gasteiger partial charge in [0.15, 0.2) is 6.17 Å². The number of ether oxygens (including phenoxy) is 2. The van der Waals surface area contributed by atoms with Gasteiger partial charge in [0.05, 0.1) is 12.2 Å². The molecule has 4 aliphatic rings. The molecule has 204 valence electrons. The molecule has 0 bridgehead atoms. The van der Waals surface area contributed by atoms with E-state index in [4.69, 9.17) is 4.74 Å². The molecule has 0 aromatic heterocycles. The highest BCUT2D eigenvalue weighted by Crippen LogP contribution is 2.49. The third kappa shape index (κ3) is 5.96. The Morgan fingerprint density at radius 1 is 0.686 bits per heavy atom. The van der Waals surface area contributed by atoms with Crippen molar-refractivity contribution in [3.63, 3.8) is 0 Å². The van der Waals surface area contributed by atoms with E-state index in [9.17, 15) is 22.0 Å². The van der Waals surface area contributed by atoms with Gasteiger partial charge in [-0.1, -0.05) is 13.8 Å². The Balaban J connectivity index is 1.31. The van der Waals surface area contributed by atoms with E-state index in [0.717, 1.165) is 52.1 Å². The molecule has 4 rings (SSSR count). The van der Waals surface area contributed by atoms with Gasteiger partial charge in [0, 0.05) is 18.9 Å². The van der Waals surface area contributed by atoms with Crippen molar-refractivity contribution < 1.29 is 40.2 Å². The molecule has 0 aromatic carbocycles. The Morgan fingerprint density at radius 3 is 1.86 bits per heavy atom. The van der Waals surface area contributed by atoms with E-state index in [0.29, 0.717) is 11.8 Å². The summed E-state index contributed by atoms with van der Waals surface area (Å²) in [4.78, 5) is 0. The van der Waals surface area contributed by atoms with Gasteiger partial charge in [-0.3, -0.25) is 0 Å². The van der Waals surface area contributed by atoms with Crippen LogP contribution in [0.15, 0.2) is 0 Å². The van der Waals surface area contributed by atoms with Crippen LogP contribution in [0.5, 0.6) is 0 Å². The van der Waals surface area contributed by atoms with Gasteiger partial charge in [0.25, 0.3) is 0 Å². The third-order valence-electron chi connectivity index (χ3n) is 9.28. The summed E-state index contributed by atoms with van der Waals surface area (Å²) in [5.41, 5.74) is 0.